The molecule has 5 nitrogen and oxygen atoms in total. The van der Waals surface area contributed by atoms with Crippen molar-refractivity contribution in [1.29, 1.82) is 5.26 Å². The second-order valence-corrected chi connectivity index (χ2v) is 9.12. The molecule has 6 heteroatoms. The quantitative estimate of drug-likeness (QED) is 0.311. The van der Waals surface area contributed by atoms with E-state index in [1.165, 1.54) is 94.2 Å². The minimum absolute atomic E-state index is 0.318. The van der Waals surface area contributed by atoms with E-state index in [0.717, 1.165) is 12.1 Å². The molecule has 1 aromatic carbocycles. The molecule has 0 N–H and O–H groups in total. The van der Waals surface area contributed by atoms with Gasteiger partial charge in [-0.05, 0) is 49.9 Å². The maximum atomic E-state index is 10.4. The van der Waals surface area contributed by atoms with Gasteiger partial charge >= 0.3 is 0 Å². The van der Waals surface area contributed by atoms with Gasteiger partial charge in [-0.2, -0.15) is 5.26 Å². The highest BCUT2D eigenvalue weighted by Gasteiger charge is 2.24. The third-order valence-electron chi connectivity index (χ3n) is 5.22. The van der Waals surface area contributed by atoms with Crippen molar-refractivity contribution in [3.8, 4) is 6.07 Å². The molecule has 0 aromatic heterocycles. The second kappa shape index (κ2) is 15.4. The Balaban J connectivity index is 0.000000571. The van der Waals surface area contributed by atoms with Gasteiger partial charge in [-0.1, -0.05) is 53.4 Å². The number of quaternary nitrogens is 1. The smallest absolute Gasteiger partial charge is 0.124 e. The van der Waals surface area contributed by atoms with Crippen LogP contribution < -0.4 is 0 Å². The Morgan fingerprint density at radius 1 is 0.793 bits per heavy atom. The Labute approximate surface area is 179 Å². The zero-order valence-corrected chi connectivity index (χ0v) is 19.6. The summed E-state index contributed by atoms with van der Waals surface area (Å²) in [5, 5.41) is 8.35. The van der Waals surface area contributed by atoms with Crippen LogP contribution in [0.4, 0.5) is 0 Å². The standard InChI is InChI=1S/C16H36N.C7H5NO3S/c1-5-9-13-17(14-10-6-2,15-11-7-3)16-12-8-4;8-5-6-1-3-7(4-2-6)12(9,10)11/h5-16H2,1-4H3;1-4H,(H,9,10,11)/q+1;/p-1. The van der Waals surface area contributed by atoms with Crippen LogP contribution in [0.2, 0.25) is 0 Å². The topological polar surface area (TPSA) is 81.0 Å². The van der Waals surface area contributed by atoms with Crippen molar-refractivity contribution in [2.75, 3.05) is 26.2 Å². The third-order valence-corrected chi connectivity index (χ3v) is 6.07. The molecular weight excluding hydrogens is 384 g/mol. The summed E-state index contributed by atoms with van der Waals surface area (Å²) in [6.07, 6.45) is 11.1. The lowest BCUT2D eigenvalue weighted by atomic mass is 10.1. The van der Waals surface area contributed by atoms with Gasteiger partial charge in [0.2, 0.25) is 0 Å². The van der Waals surface area contributed by atoms with Crippen LogP contribution in [0.1, 0.15) is 84.6 Å². The van der Waals surface area contributed by atoms with E-state index in [1.54, 1.807) is 0 Å². The van der Waals surface area contributed by atoms with Crippen LogP contribution in [0.15, 0.2) is 29.2 Å². The normalized spacial score (nSPS) is 11.4. The van der Waals surface area contributed by atoms with Gasteiger partial charge in [0.1, 0.15) is 10.1 Å². The van der Waals surface area contributed by atoms with Crippen molar-refractivity contribution < 1.29 is 17.5 Å². The van der Waals surface area contributed by atoms with Crippen LogP contribution in [0.25, 0.3) is 0 Å². The Kier molecular flexibility index (Phi) is 14.7. The molecule has 29 heavy (non-hydrogen) atoms. The molecule has 0 atom stereocenters. The number of nitrogens with zero attached hydrogens (tertiary/aromatic N) is 2. The van der Waals surface area contributed by atoms with Crippen molar-refractivity contribution in [2.24, 2.45) is 0 Å². The lowest BCUT2D eigenvalue weighted by molar-refractivity contribution is -0.929. The Hall–Kier alpha value is -1.42. The van der Waals surface area contributed by atoms with Crippen molar-refractivity contribution in [3.63, 3.8) is 0 Å². The number of hydrogen-bond acceptors (Lipinski definition) is 4. The van der Waals surface area contributed by atoms with E-state index in [0.29, 0.717) is 5.56 Å². The average Bonchev–Trinajstić information content (AvgIpc) is 2.72. The Morgan fingerprint density at radius 3 is 1.38 bits per heavy atom. The molecule has 0 bridgehead atoms. The molecule has 1 aromatic rings. The zero-order valence-electron chi connectivity index (χ0n) is 18.8. The van der Waals surface area contributed by atoms with E-state index in [2.05, 4.69) is 27.7 Å². The number of benzene rings is 1. The predicted molar refractivity (Wildman–Crippen MR) is 118 cm³/mol. The number of rotatable bonds is 13. The molecule has 166 valence electrons. The summed E-state index contributed by atoms with van der Waals surface area (Å²) in [5.74, 6) is 0. The fraction of sp³-hybridized carbons (Fsp3) is 0.696. The second-order valence-electron chi connectivity index (χ2n) is 7.74. The first-order valence-corrected chi connectivity index (χ1v) is 12.5. The first-order chi connectivity index (χ1) is 13.8. The molecule has 0 aliphatic carbocycles. The minimum atomic E-state index is -4.39. The van der Waals surface area contributed by atoms with Crippen LogP contribution in [-0.4, -0.2) is 43.6 Å². The summed E-state index contributed by atoms with van der Waals surface area (Å²) in [6, 6.07) is 6.60. The maximum Gasteiger partial charge on any atom is 0.124 e. The highest BCUT2D eigenvalue weighted by molar-refractivity contribution is 7.85. The lowest BCUT2D eigenvalue weighted by Gasteiger charge is -2.39. The predicted octanol–water partition coefficient (Wildman–Crippen LogP) is 5.47. The third kappa shape index (κ3) is 12.0. The van der Waals surface area contributed by atoms with Gasteiger partial charge in [0, 0.05) is 0 Å². The van der Waals surface area contributed by atoms with Gasteiger partial charge in [0.25, 0.3) is 0 Å². The van der Waals surface area contributed by atoms with E-state index in [-0.39, 0.29) is 4.90 Å². The monoisotopic (exact) mass is 424 g/mol. The Morgan fingerprint density at radius 2 is 1.14 bits per heavy atom. The molecule has 0 saturated heterocycles. The summed E-state index contributed by atoms with van der Waals surface area (Å²) in [6.45, 7) is 15.0. The van der Waals surface area contributed by atoms with Crippen LogP contribution in [0.3, 0.4) is 0 Å². The van der Waals surface area contributed by atoms with Gasteiger partial charge in [-0.3, -0.25) is 0 Å². The first kappa shape index (κ1) is 27.6. The molecule has 0 spiro atoms. The molecule has 0 radical (unpaired) electrons. The molecule has 0 heterocycles. The maximum absolute atomic E-state index is 10.4. The summed E-state index contributed by atoms with van der Waals surface area (Å²) < 4.78 is 32.6. The summed E-state index contributed by atoms with van der Waals surface area (Å²) >= 11 is 0. The number of nitriles is 1. The average molecular weight is 425 g/mol. The number of unbranched alkanes of at least 4 members (excludes halogenated alkanes) is 4. The van der Waals surface area contributed by atoms with Gasteiger partial charge in [-0.15, -0.1) is 0 Å². The van der Waals surface area contributed by atoms with E-state index in [1.807, 2.05) is 6.07 Å². The Bertz CT molecular complexity index is 642. The van der Waals surface area contributed by atoms with Crippen molar-refractivity contribution in [3.05, 3.63) is 29.8 Å². The van der Waals surface area contributed by atoms with Crippen molar-refractivity contribution >= 4 is 10.1 Å². The summed E-state index contributed by atoms with van der Waals surface area (Å²) in [4.78, 5) is -0.318. The van der Waals surface area contributed by atoms with Crippen LogP contribution in [0.5, 0.6) is 0 Å². The highest BCUT2D eigenvalue weighted by atomic mass is 32.2. The van der Waals surface area contributed by atoms with Gasteiger partial charge in [0.15, 0.2) is 0 Å². The molecular formula is C23H40N2O3S. The number of hydrogen-bond donors (Lipinski definition) is 0. The first-order valence-electron chi connectivity index (χ1n) is 11.1. The molecule has 0 unspecified atom stereocenters. The van der Waals surface area contributed by atoms with Crippen LogP contribution in [0, 0.1) is 11.3 Å². The largest absolute Gasteiger partial charge is 0.744 e. The summed E-state index contributed by atoms with van der Waals surface area (Å²) in [7, 11) is -4.39. The molecule has 0 amide bonds. The summed E-state index contributed by atoms with van der Waals surface area (Å²) in [5.41, 5.74) is 0.322. The molecule has 0 aliphatic rings. The van der Waals surface area contributed by atoms with Crippen molar-refractivity contribution in [1.82, 2.24) is 0 Å². The van der Waals surface area contributed by atoms with Gasteiger partial charge in [-0.25, -0.2) is 8.42 Å². The van der Waals surface area contributed by atoms with Crippen LogP contribution in [-0.2, 0) is 10.1 Å². The molecule has 0 fully saturated rings. The van der Waals surface area contributed by atoms with Crippen molar-refractivity contribution in [2.45, 2.75) is 84.0 Å². The SMILES string of the molecule is CCCC[N+](CCCC)(CCCC)CCCC.N#Cc1ccc(S(=O)(=O)[O-])cc1. The van der Waals surface area contributed by atoms with E-state index in [9.17, 15) is 13.0 Å². The highest BCUT2D eigenvalue weighted by Crippen LogP contribution is 2.16. The fourth-order valence-corrected chi connectivity index (χ4v) is 3.81. The molecule has 0 aliphatic heterocycles. The molecule has 1 rings (SSSR count). The van der Waals surface area contributed by atoms with E-state index in [4.69, 9.17) is 5.26 Å². The van der Waals surface area contributed by atoms with Gasteiger partial charge < -0.3 is 9.04 Å². The fourth-order valence-electron chi connectivity index (χ4n) is 3.34. The van der Waals surface area contributed by atoms with E-state index < -0.39 is 10.1 Å². The molecule has 0 saturated carbocycles. The van der Waals surface area contributed by atoms with E-state index >= 15 is 0 Å². The van der Waals surface area contributed by atoms with Crippen LogP contribution >= 0.6 is 0 Å². The minimum Gasteiger partial charge on any atom is -0.744 e. The van der Waals surface area contributed by atoms with Gasteiger partial charge in [0.05, 0.1) is 42.7 Å². The zero-order chi connectivity index (χ0) is 22.2. The lowest BCUT2D eigenvalue weighted by Crippen LogP contribution is -2.50.